The van der Waals surface area contributed by atoms with Gasteiger partial charge < -0.3 is 14.8 Å². The summed E-state index contributed by atoms with van der Waals surface area (Å²) in [6, 6.07) is 14.8. The van der Waals surface area contributed by atoms with Gasteiger partial charge in [0.05, 0.1) is 17.7 Å². The van der Waals surface area contributed by atoms with Gasteiger partial charge in [-0.3, -0.25) is 9.59 Å². The largest absolute Gasteiger partial charge is 0.462 e. The normalized spacial score (nSPS) is 10.4. The molecular weight excluding hydrogens is 442 g/mol. The van der Waals surface area contributed by atoms with E-state index in [0.717, 1.165) is 10.4 Å². The van der Waals surface area contributed by atoms with Gasteiger partial charge in [0.15, 0.2) is 12.4 Å². The van der Waals surface area contributed by atoms with E-state index in [4.69, 9.17) is 9.47 Å². The van der Waals surface area contributed by atoms with Gasteiger partial charge in [-0.15, -0.1) is 11.3 Å². The predicted octanol–water partition coefficient (Wildman–Crippen LogP) is 4.57. The zero-order valence-electron chi connectivity index (χ0n) is 18.5. The standard InChI is InChI=1S/C25H23NO6S/c1-4-31-25(30)21-15(2)16(3)33-23(21)26-20(27)14-32-24(29)19-13-9-8-12-18(19)22(28)17-10-6-5-7-11-17/h5-13H,4,14H2,1-3H3,(H,26,27). The fourth-order valence-corrected chi connectivity index (χ4v) is 4.20. The highest BCUT2D eigenvalue weighted by Crippen LogP contribution is 2.33. The molecule has 2 aromatic carbocycles. The minimum atomic E-state index is -0.797. The number of hydrogen-bond acceptors (Lipinski definition) is 7. The van der Waals surface area contributed by atoms with Gasteiger partial charge in [-0.05, 0) is 32.4 Å². The highest BCUT2D eigenvalue weighted by Gasteiger charge is 2.23. The number of anilines is 1. The van der Waals surface area contributed by atoms with Crippen LogP contribution in [-0.2, 0) is 14.3 Å². The van der Waals surface area contributed by atoms with Crippen LogP contribution in [-0.4, -0.2) is 36.8 Å². The fraction of sp³-hybridized carbons (Fsp3) is 0.200. The van der Waals surface area contributed by atoms with E-state index in [9.17, 15) is 19.2 Å². The molecule has 1 N–H and O–H groups in total. The zero-order valence-corrected chi connectivity index (χ0v) is 19.3. The van der Waals surface area contributed by atoms with Gasteiger partial charge in [-0.25, -0.2) is 9.59 Å². The van der Waals surface area contributed by atoms with Crippen molar-refractivity contribution in [2.24, 2.45) is 0 Å². The van der Waals surface area contributed by atoms with Crippen molar-refractivity contribution < 1.29 is 28.7 Å². The third-order valence-corrected chi connectivity index (χ3v) is 6.00. The summed E-state index contributed by atoms with van der Waals surface area (Å²) in [5, 5.41) is 2.95. The van der Waals surface area contributed by atoms with Crippen LogP contribution in [0.5, 0.6) is 0 Å². The van der Waals surface area contributed by atoms with Crippen molar-refractivity contribution in [2.45, 2.75) is 20.8 Å². The molecule has 170 valence electrons. The Bertz CT molecular complexity index is 1200. The van der Waals surface area contributed by atoms with Crippen molar-refractivity contribution in [1.29, 1.82) is 0 Å². The minimum Gasteiger partial charge on any atom is -0.462 e. The summed E-state index contributed by atoms with van der Waals surface area (Å²) in [6.07, 6.45) is 0. The summed E-state index contributed by atoms with van der Waals surface area (Å²) in [4.78, 5) is 51.0. The lowest BCUT2D eigenvalue weighted by Crippen LogP contribution is -2.22. The second kappa shape index (κ2) is 10.7. The molecule has 0 aliphatic heterocycles. The van der Waals surface area contributed by atoms with Crippen molar-refractivity contribution in [3.8, 4) is 0 Å². The van der Waals surface area contributed by atoms with Gasteiger partial charge in [0, 0.05) is 16.0 Å². The van der Waals surface area contributed by atoms with Crippen LogP contribution >= 0.6 is 11.3 Å². The summed E-state index contributed by atoms with van der Waals surface area (Å²) in [5.74, 6) is -2.26. The van der Waals surface area contributed by atoms with E-state index in [1.54, 1.807) is 56.3 Å². The molecule has 1 heterocycles. The molecule has 0 bridgehead atoms. The topological polar surface area (TPSA) is 98.8 Å². The van der Waals surface area contributed by atoms with Crippen molar-refractivity contribution >= 4 is 40.0 Å². The Balaban J connectivity index is 1.71. The minimum absolute atomic E-state index is 0.0641. The monoisotopic (exact) mass is 465 g/mol. The lowest BCUT2D eigenvalue weighted by Gasteiger charge is -2.10. The van der Waals surface area contributed by atoms with Crippen LogP contribution < -0.4 is 5.32 Å². The first-order chi connectivity index (χ1) is 15.8. The molecule has 33 heavy (non-hydrogen) atoms. The summed E-state index contributed by atoms with van der Waals surface area (Å²) >= 11 is 1.24. The van der Waals surface area contributed by atoms with Crippen LogP contribution in [0, 0.1) is 13.8 Å². The molecule has 7 nitrogen and oxygen atoms in total. The Morgan fingerprint density at radius 1 is 0.848 bits per heavy atom. The number of benzene rings is 2. The predicted molar refractivity (Wildman–Crippen MR) is 125 cm³/mol. The number of aryl methyl sites for hydroxylation is 1. The number of nitrogens with one attached hydrogen (secondary N) is 1. The van der Waals surface area contributed by atoms with E-state index in [0.29, 0.717) is 10.6 Å². The summed E-state index contributed by atoms with van der Waals surface area (Å²) in [6.45, 7) is 4.93. The molecule has 3 rings (SSSR count). The number of ketones is 1. The van der Waals surface area contributed by atoms with E-state index in [1.807, 2.05) is 6.92 Å². The number of rotatable bonds is 8. The third kappa shape index (κ3) is 5.53. The zero-order chi connectivity index (χ0) is 24.0. The Labute approximate surface area is 195 Å². The summed E-state index contributed by atoms with van der Waals surface area (Å²) in [5.41, 5.74) is 1.69. The van der Waals surface area contributed by atoms with E-state index in [1.165, 1.54) is 23.5 Å². The van der Waals surface area contributed by atoms with Crippen molar-refractivity contribution in [1.82, 2.24) is 0 Å². The van der Waals surface area contributed by atoms with Gasteiger partial charge in [-0.2, -0.15) is 0 Å². The highest BCUT2D eigenvalue weighted by atomic mass is 32.1. The SMILES string of the molecule is CCOC(=O)c1c(NC(=O)COC(=O)c2ccccc2C(=O)c2ccccc2)sc(C)c1C. The number of esters is 2. The third-order valence-electron chi connectivity index (χ3n) is 4.88. The Kier molecular flexibility index (Phi) is 7.74. The second-order valence-corrected chi connectivity index (χ2v) is 8.30. The van der Waals surface area contributed by atoms with Gasteiger partial charge in [0.1, 0.15) is 5.00 Å². The van der Waals surface area contributed by atoms with Crippen LogP contribution in [0.3, 0.4) is 0 Å². The lowest BCUT2D eigenvalue weighted by molar-refractivity contribution is -0.119. The van der Waals surface area contributed by atoms with Crippen molar-refractivity contribution in [2.75, 3.05) is 18.5 Å². The van der Waals surface area contributed by atoms with Crippen molar-refractivity contribution in [3.63, 3.8) is 0 Å². The Hall–Kier alpha value is -3.78. The number of amides is 1. The molecule has 0 aliphatic rings. The van der Waals surface area contributed by atoms with Crippen LogP contribution in [0.2, 0.25) is 0 Å². The summed E-state index contributed by atoms with van der Waals surface area (Å²) < 4.78 is 10.2. The Morgan fingerprint density at radius 3 is 2.15 bits per heavy atom. The molecule has 1 aromatic heterocycles. The van der Waals surface area contributed by atoms with Gasteiger partial charge >= 0.3 is 11.9 Å². The molecule has 8 heteroatoms. The average molecular weight is 466 g/mol. The second-order valence-electron chi connectivity index (χ2n) is 7.07. The van der Waals surface area contributed by atoms with Gasteiger partial charge in [0.25, 0.3) is 5.91 Å². The maximum atomic E-state index is 12.8. The molecule has 0 atom stereocenters. The molecule has 0 saturated heterocycles. The molecular formula is C25H23NO6S. The van der Waals surface area contributed by atoms with Crippen LogP contribution in [0.1, 0.15) is 54.0 Å². The first-order valence-corrected chi connectivity index (χ1v) is 11.1. The molecule has 0 radical (unpaired) electrons. The first-order valence-electron chi connectivity index (χ1n) is 10.3. The number of thiophene rings is 1. The number of ether oxygens (including phenoxy) is 2. The smallest absolute Gasteiger partial charge is 0.341 e. The van der Waals surface area contributed by atoms with E-state index in [2.05, 4.69) is 5.32 Å². The molecule has 1 amide bonds. The average Bonchev–Trinajstić information content (AvgIpc) is 3.10. The maximum absolute atomic E-state index is 12.8. The van der Waals surface area contributed by atoms with Crippen LogP contribution in [0.15, 0.2) is 54.6 Å². The van der Waals surface area contributed by atoms with Gasteiger partial charge in [-0.1, -0.05) is 48.5 Å². The highest BCUT2D eigenvalue weighted by molar-refractivity contribution is 7.16. The Morgan fingerprint density at radius 2 is 1.48 bits per heavy atom. The molecule has 0 aliphatic carbocycles. The molecule has 0 fully saturated rings. The lowest BCUT2D eigenvalue weighted by atomic mass is 9.98. The number of carbonyl (C=O) groups excluding carboxylic acids is 4. The number of carbonyl (C=O) groups is 4. The van der Waals surface area contributed by atoms with Crippen LogP contribution in [0.25, 0.3) is 0 Å². The quantitative estimate of drug-likeness (QED) is 0.387. The maximum Gasteiger partial charge on any atom is 0.341 e. The summed E-state index contributed by atoms with van der Waals surface area (Å²) in [7, 11) is 0. The fourth-order valence-electron chi connectivity index (χ4n) is 3.14. The van der Waals surface area contributed by atoms with Crippen molar-refractivity contribution in [3.05, 3.63) is 87.3 Å². The molecule has 0 saturated carbocycles. The van der Waals surface area contributed by atoms with E-state index in [-0.39, 0.29) is 29.1 Å². The number of hydrogen-bond donors (Lipinski definition) is 1. The molecule has 0 unspecified atom stereocenters. The molecule has 3 aromatic rings. The molecule has 0 spiro atoms. The van der Waals surface area contributed by atoms with Gasteiger partial charge in [0.2, 0.25) is 0 Å². The van der Waals surface area contributed by atoms with E-state index >= 15 is 0 Å². The van der Waals surface area contributed by atoms with Crippen LogP contribution in [0.4, 0.5) is 5.00 Å². The van der Waals surface area contributed by atoms with E-state index < -0.39 is 24.5 Å². The first kappa shape index (κ1) is 23.9.